The van der Waals surface area contributed by atoms with Gasteiger partial charge >= 0.3 is 0 Å². The monoisotopic (exact) mass is 179 g/mol. The highest BCUT2D eigenvalue weighted by Crippen LogP contribution is 2.07. The summed E-state index contributed by atoms with van der Waals surface area (Å²) in [5.41, 5.74) is 1.20. The summed E-state index contributed by atoms with van der Waals surface area (Å²) in [5.74, 6) is -0.442. The molecular formula is C9H9NO3. The number of hydrogen-bond donors (Lipinski definition) is 0. The van der Waals surface area contributed by atoms with E-state index in [-0.39, 0.29) is 0 Å². The SMILES string of the molecule is Cc1ccccc1C(=O)C[N+](=O)[O-]. The molecule has 0 heterocycles. The van der Waals surface area contributed by atoms with Crippen LogP contribution >= 0.6 is 0 Å². The average Bonchev–Trinajstić information content (AvgIpc) is 2.03. The standard InChI is InChI=1S/C9H9NO3/c1-7-4-2-3-5-8(7)9(11)6-10(12)13/h2-5H,6H2,1H3. The molecule has 1 aromatic carbocycles. The number of Topliss-reactive ketones (excluding diaryl/α,β-unsaturated/α-hetero) is 1. The number of ketones is 1. The van der Waals surface area contributed by atoms with E-state index in [1.165, 1.54) is 0 Å². The predicted molar refractivity (Wildman–Crippen MR) is 47.4 cm³/mol. The lowest BCUT2D eigenvalue weighted by Gasteiger charge is -1.99. The number of nitro groups is 1. The molecule has 4 heteroatoms. The van der Waals surface area contributed by atoms with E-state index in [0.29, 0.717) is 5.56 Å². The first-order chi connectivity index (χ1) is 6.11. The van der Waals surface area contributed by atoms with Crippen LogP contribution in [0.15, 0.2) is 24.3 Å². The lowest BCUT2D eigenvalue weighted by molar-refractivity contribution is -0.465. The molecule has 0 bridgehead atoms. The Morgan fingerprint density at radius 3 is 2.62 bits per heavy atom. The minimum absolute atomic E-state index is 0.430. The van der Waals surface area contributed by atoms with Crippen LogP contribution in [0.5, 0.6) is 0 Å². The molecular weight excluding hydrogens is 170 g/mol. The topological polar surface area (TPSA) is 60.2 Å². The van der Waals surface area contributed by atoms with Gasteiger partial charge in [-0.05, 0) is 12.5 Å². The van der Waals surface area contributed by atoms with Crippen LogP contribution in [-0.2, 0) is 0 Å². The van der Waals surface area contributed by atoms with Gasteiger partial charge in [-0.3, -0.25) is 14.9 Å². The van der Waals surface area contributed by atoms with Crippen molar-refractivity contribution in [1.29, 1.82) is 0 Å². The zero-order chi connectivity index (χ0) is 9.84. The molecule has 0 unspecified atom stereocenters. The van der Waals surface area contributed by atoms with Crippen molar-refractivity contribution < 1.29 is 9.72 Å². The Hall–Kier alpha value is -1.71. The molecule has 0 aliphatic heterocycles. The highest BCUT2D eigenvalue weighted by Gasteiger charge is 2.13. The quantitative estimate of drug-likeness (QED) is 0.401. The van der Waals surface area contributed by atoms with E-state index in [4.69, 9.17) is 0 Å². The van der Waals surface area contributed by atoms with Crippen molar-refractivity contribution in [2.24, 2.45) is 0 Å². The van der Waals surface area contributed by atoms with E-state index < -0.39 is 17.3 Å². The number of carbonyl (C=O) groups is 1. The van der Waals surface area contributed by atoms with Gasteiger partial charge < -0.3 is 0 Å². The van der Waals surface area contributed by atoms with E-state index in [1.807, 2.05) is 0 Å². The predicted octanol–water partition coefficient (Wildman–Crippen LogP) is 1.45. The molecule has 13 heavy (non-hydrogen) atoms. The highest BCUT2D eigenvalue weighted by molar-refractivity contribution is 5.98. The number of nitrogens with zero attached hydrogens (tertiary/aromatic N) is 1. The van der Waals surface area contributed by atoms with Crippen molar-refractivity contribution >= 4 is 5.78 Å². The number of hydrogen-bond acceptors (Lipinski definition) is 3. The summed E-state index contributed by atoms with van der Waals surface area (Å²) in [7, 11) is 0. The molecule has 0 amide bonds. The highest BCUT2D eigenvalue weighted by atomic mass is 16.6. The van der Waals surface area contributed by atoms with E-state index in [1.54, 1.807) is 31.2 Å². The Labute approximate surface area is 75.3 Å². The Morgan fingerprint density at radius 1 is 1.46 bits per heavy atom. The molecule has 0 saturated heterocycles. The second kappa shape index (κ2) is 3.80. The third kappa shape index (κ3) is 2.37. The molecule has 0 radical (unpaired) electrons. The van der Waals surface area contributed by atoms with Crippen molar-refractivity contribution in [3.8, 4) is 0 Å². The van der Waals surface area contributed by atoms with Crippen LogP contribution in [0.3, 0.4) is 0 Å². The van der Waals surface area contributed by atoms with Crippen LogP contribution < -0.4 is 0 Å². The van der Waals surface area contributed by atoms with E-state index >= 15 is 0 Å². The summed E-state index contributed by atoms with van der Waals surface area (Å²) in [4.78, 5) is 20.7. The first-order valence-electron chi connectivity index (χ1n) is 3.82. The number of carbonyl (C=O) groups excluding carboxylic acids is 1. The van der Waals surface area contributed by atoms with Crippen molar-refractivity contribution in [2.75, 3.05) is 6.54 Å². The maximum Gasteiger partial charge on any atom is 0.265 e. The summed E-state index contributed by atoms with van der Waals surface area (Å²) in [5, 5.41) is 10.1. The zero-order valence-corrected chi connectivity index (χ0v) is 7.19. The Bertz CT molecular complexity index is 346. The van der Waals surface area contributed by atoms with Crippen molar-refractivity contribution in [3.05, 3.63) is 45.5 Å². The van der Waals surface area contributed by atoms with Crippen LogP contribution in [0, 0.1) is 17.0 Å². The largest absolute Gasteiger partial charge is 0.287 e. The summed E-state index contributed by atoms with van der Waals surface area (Å²) in [6.45, 7) is 1.12. The Kier molecular flexibility index (Phi) is 2.74. The van der Waals surface area contributed by atoms with Crippen LogP contribution in [0.25, 0.3) is 0 Å². The zero-order valence-electron chi connectivity index (χ0n) is 7.19. The number of benzene rings is 1. The van der Waals surface area contributed by atoms with Gasteiger partial charge in [0.25, 0.3) is 6.54 Å². The van der Waals surface area contributed by atoms with Gasteiger partial charge in [0.15, 0.2) is 0 Å². The van der Waals surface area contributed by atoms with E-state index in [0.717, 1.165) is 5.56 Å². The third-order valence-corrected chi connectivity index (χ3v) is 1.72. The van der Waals surface area contributed by atoms with Gasteiger partial charge in [-0.25, -0.2) is 0 Å². The summed E-state index contributed by atoms with van der Waals surface area (Å²) < 4.78 is 0. The molecule has 0 aliphatic carbocycles. The first-order valence-corrected chi connectivity index (χ1v) is 3.82. The third-order valence-electron chi connectivity index (χ3n) is 1.72. The minimum atomic E-state index is -0.634. The molecule has 4 nitrogen and oxygen atoms in total. The smallest absolute Gasteiger partial charge is 0.265 e. The molecule has 0 spiro atoms. The van der Waals surface area contributed by atoms with Gasteiger partial charge in [0, 0.05) is 10.5 Å². The van der Waals surface area contributed by atoms with Crippen molar-refractivity contribution in [2.45, 2.75) is 6.92 Å². The molecule has 1 aromatic rings. The first kappa shape index (κ1) is 9.38. The molecule has 0 aromatic heterocycles. The fourth-order valence-corrected chi connectivity index (χ4v) is 1.09. The lowest BCUT2D eigenvalue weighted by Crippen LogP contribution is -2.14. The van der Waals surface area contributed by atoms with Crippen molar-refractivity contribution in [3.63, 3.8) is 0 Å². The molecule has 68 valence electrons. The van der Waals surface area contributed by atoms with Gasteiger partial charge in [-0.1, -0.05) is 24.3 Å². The second-order valence-corrected chi connectivity index (χ2v) is 2.73. The van der Waals surface area contributed by atoms with E-state index in [2.05, 4.69) is 0 Å². The molecule has 0 N–H and O–H groups in total. The number of aryl methyl sites for hydroxylation is 1. The maximum absolute atomic E-state index is 11.2. The molecule has 0 atom stereocenters. The maximum atomic E-state index is 11.2. The molecule has 1 rings (SSSR count). The number of rotatable bonds is 3. The van der Waals surface area contributed by atoms with Gasteiger partial charge in [0.05, 0.1) is 0 Å². The average molecular weight is 179 g/mol. The molecule has 0 saturated carbocycles. The van der Waals surface area contributed by atoms with Gasteiger partial charge in [0.1, 0.15) is 0 Å². The molecule has 0 aliphatic rings. The van der Waals surface area contributed by atoms with Crippen LogP contribution in [-0.4, -0.2) is 17.3 Å². The Balaban J connectivity index is 2.89. The Morgan fingerprint density at radius 2 is 2.08 bits per heavy atom. The molecule has 0 fully saturated rings. The fraction of sp³-hybridized carbons (Fsp3) is 0.222. The fourth-order valence-electron chi connectivity index (χ4n) is 1.09. The van der Waals surface area contributed by atoms with Crippen LogP contribution in [0.2, 0.25) is 0 Å². The normalized spacial score (nSPS) is 9.62. The van der Waals surface area contributed by atoms with Gasteiger partial charge in [-0.15, -0.1) is 0 Å². The summed E-state index contributed by atoms with van der Waals surface area (Å²) in [6, 6.07) is 6.84. The second-order valence-electron chi connectivity index (χ2n) is 2.73. The summed E-state index contributed by atoms with van der Waals surface area (Å²) in [6.07, 6.45) is 0. The van der Waals surface area contributed by atoms with Crippen LogP contribution in [0.1, 0.15) is 15.9 Å². The van der Waals surface area contributed by atoms with Gasteiger partial charge in [-0.2, -0.15) is 0 Å². The van der Waals surface area contributed by atoms with Crippen LogP contribution in [0.4, 0.5) is 0 Å². The van der Waals surface area contributed by atoms with Gasteiger partial charge in [0.2, 0.25) is 5.78 Å². The summed E-state index contributed by atoms with van der Waals surface area (Å²) >= 11 is 0. The lowest BCUT2D eigenvalue weighted by atomic mass is 10.1. The minimum Gasteiger partial charge on any atom is -0.287 e. The van der Waals surface area contributed by atoms with E-state index in [9.17, 15) is 14.9 Å². The van der Waals surface area contributed by atoms with Crippen molar-refractivity contribution in [1.82, 2.24) is 0 Å².